The SMILES string of the molecule is COc1ccc(-c2csc(NC(=O)c3sc(-c4ccc(C)o4)nc3C)n2)cc1OC. The van der Waals surface area contributed by atoms with Crippen molar-refractivity contribution in [1.29, 1.82) is 0 Å². The largest absolute Gasteiger partial charge is 0.493 e. The molecule has 30 heavy (non-hydrogen) atoms. The third-order valence-electron chi connectivity index (χ3n) is 4.36. The van der Waals surface area contributed by atoms with Crippen molar-refractivity contribution in [3.8, 4) is 33.5 Å². The van der Waals surface area contributed by atoms with Crippen LogP contribution in [-0.2, 0) is 0 Å². The van der Waals surface area contributed by atoms with Crippen LogP contribution >= 0.6 is 22.7 Å². The highest BCUT2D eigenvalue weighted by Gasteiger charge is 2.19. The Morgan fingerprint density at radius 1 is 1.07 bits per heavy atom. The lowest BCUT2D eigenvalue weighted by Crippen LogP contribution is -2.11. The molecule has 1 amide bonds. The van der Waals surface area contributed by atoms with E-state index in [1.165, 1.54) is 22.7 Å². The molecule has 0 aliphatic rings. The Balaban J connectivity index is 1.53. The maximum Gasteiger partial charge on any atom is 0.269 e. The third-order valence-corrected chi connectivity index (χ3v) is 6.29. The van der Waals surface area contributed by atoms with Gasteiger partial charge in [0.05, 0.1) is 25.6 Å². The number of thiazole rings is 2. The fourth-order valence-corrected chi connectivity index (χ4v) is 4.51. The van der Waals surface area contributed by atoms with E-state index in [1.54, 1.807) is 14.2 Å². The Kier molecular flexibility index (Phi) is 5.56. The van der Waals surface area contributed by atoms with Gasteiger partial charge in [-0.1, -0.05) is 0 Å². The second-order valence-corrected chi connectivity index (χ2v) is 8.26. The van der Waals surface area contributed by atoms with E-state index >= 15 is 0 Å². The number of amides is 1. The van der Waals surface area contributed by atoms with Gasteiger partial charge in [0.15, 0.2) is 27.4 Å². The average molecular weight is 442 g/mol. The van der Waals surface area contributed by atoms with E-state index in [0.717, 1.165) is 17.0 Å². The predicted octanol–water partition coefficient (Wildman–Crippen LogP) is 5.41. The Bertz CT molecular complexity index is 1210. The molecule has 3 aromatic heterocycles. The van der Waals surface area contributed by atoms with Gasteiger partial charge in [0.2, 0.25) is 0 Å². The van der Waals surface area contributed by atoms with Crippen LogP contribution in [0.1, 0.15) is 21.1 Å². The molecule has 0 bridgehead atoms. The van der Waals surface area contributed by atoms with Crippen LogP contribution in [0.15, 0.2) is 40.1 Å². The highest BCUT2D eigenvalue weighted by Crippen LogP contribution is 2.34. The molecule has 0 fully saturated rings. The molecule has 154 valence electrons. The second kappa shape index (κ2) is 8.29. The summed E-state index contributed by atoms with van der Waals surface area (Å²) in [6, 6.07) is 9.30. The maximum atomic E-state index is 12.8. The van der Waals surface area contributed by atoms with E-state index < -0.39 is 0 Å². The monoisotopic (exact) mass is 441 g/mol. The number of methoxy groups -OCH3 is 2. The molecule has 3 heterocycles. The van der Waals surface area contributed by atoms with Crippen LogP contribution in [-0.4, -0.2) is 30.1 Å². The molecule has 0 saturated heterocycles. The van der Waals surface area contributed by atoms with Crippen LogP contribution in [0, 0.1) is 13.8 Å². The minimum Gasteiger partial charge on any atom is -0.493 e. The third kappa shape index (κ3) is 3.94. The lowest BCUT2D eigenvalue weighted by Gasteiger charge is -2.08. The van der Waals surface area contributed by atoms with E-state index in [2.05, 4.69) is 15.3 Å². The summed E-state index contributed by atoms with van der Waals surface area (Å²) in [6.07, 6.45) is 0. The molecule has 9 heteroatoms. The lowest BCUT2D eigenvalue weighted by molar-refractivity contribution is 0.103. The van der Waals surface area contributed by atoms with Crippen molar-refractivity contribution in [2.24, 2.45) is 0 Å². The smallest absolute Gasteiger partial charge is 0.269 e. The number of nitrogens with zero attached hydrogens (tertiary/aromatic N) is 2. The van der Waals surface area contributed by atoms with Gasteiger partial charge in [0, 0.05) is 10.9 Å². The van der Waals surface area contributed by atoms with Crippen molar-refractivity contribution in [3.05, 3.63) is 52.0 Å². The number of aryl methyl sites for hydroxylation is 2. The van der Waals surface area contributed by atoms with Crippen LogP contribution < -0.4 is 14.8 Å². The minimum absolute atomic E-state index is 0.243. The molecule has 7 nitrogen and oxygen atoms in total. The molecule has 0 aliphatic carbocycles. The molecule has 1 aromatic carbocycles. The number of rotatable bonds is 6. The van der Waals surface area contributed by atoms with Crippen molar-refractivity contribution < 1.29 is 18.7 Å². The van der Waals surface area contributed by atoms with Gasteiger partial charge < -0.3 is 13.9 Å². The van der Waals surface area contributed by atoms with Gasteiger partial charge in [-0.2, -0.15) is 0 Å². The van der Waals surface area contributed by atoms with Crippen molar-refractivity contribution in [3.63, 3.8) is 0 Å². The fourth-order valence-electron chi connectivity index (χ4n) is 2.88. The van der Waals surface area contributed by atoms with Gasteiger partial charge in [-0.05, 0) is 44.2 Å². The van der Waals surface area contributed by atoms with Crippen molar-refractivity contribution in [1.82, 2.24) is 9.97 Å². The highest BCUT2D eigenvalue weighted by molar-refractivity contribution is 7.17. The van der Waals surface area contributed by atoms with Crippen LogP contribution in [0.2, 0.25) is 0 Å². The van der Waals surface area contributed by atoms with Crippen LogP contribution in [0.4, 0.5) is 5.13 Å². The zero-order valence-corrected chi connectivity index (χ0v) is 18.4. The first-order valence-corrected chi connectivity index (χ1v) is 10.7. The number of aromatic nitrogens is 2. The van der Waals surface area contributed by atoms with Gasteiger partial charge in [0.1, 0.15) is 10.6 Å². The number of furan rings is 1. The average Bonchev–Trinajstić information content (AvgIpc) is 3.47. The predicted molar refractivity (Wildman–Crippen MR) is 118 cm³/mol. The molecule has 0 spiro atoms. The van der Waals surface area contributed by atoms with Crippen LogP contribution in [0.25, 0.3) is 22.0 Å². The number of hydrogen-bond donors (Lipinski definition) is 1. The molecule has 0 radical (unpaired) electrons. The van der Waals surface area contributed by atoms with Crippen LogP contribution in [0.3, 0.4) is 0 Å². The molecule has 0 atom stereocenters. The van der Waals surface area contributed by atoms with Gasteiger partial charge in [-0.3, -0.25) is 10.1 Å². The number of ether oxygens (including phenoxy) is 2. The summed E-state index contributed by atoms with van der Waals surface area (Å²) >= 11 is 2.65. The normalized spacial score (nSPS) is 10.8. The number of carbonyl (C=O) groups excluding carboxylic acids is 1. The summed E-state index contributed by atoms with van der Waals surface area (Å²) in [5, 5.41) is 5.93. The molecule has 4 rings (SSSR count). The van der Waals surface area contributed by atoms with E-state index in [1.807, 2.05) is 49.6 Å². The topological polar surface area (TPSA) is 86.5 Å². The van der Waals surface area contributed by atoms with Gasteiger partial charge >= 0.3 is 0 Å². The van der Waals surface area contributed by atoms with Gasteiger partial charge in [-0.25, -0.2) is 9.97 Å². The summed E-state index contributed by atoms with van der Waals surface area (Å²) in [6.45, 7) is 3.68. The molecule has 0 unspecified atom stereocenters. The van der Waals surface area contributed by atoms with Crippen molar-refractivity contribution in [2.45, 2.75) is 13.8 Å². The second-order valence-electron chi connectivity index (χ2n) is 6.41. The van der Waals surface area contributed by atoms with Gasteiger partial charge in [-0.15, -0.1) is 22.7 Å². The fraction of sp³-hybridized carbons (Fsp3) is 0.190. The zero-order chi connectivity index (χ0) is 21.3. The zero-order valence-electron chi connectivity index (χ0n) is 16.8. The highest BCUT2D eigenvalue weighted by atomic mass is 32.1. The Morgan fingerprint density at radius 2 is 1.87 bits per heavy atom. The molecular formula is C21H19N3O4S2. The Labute approximate surface area is 181 Å². The number of hydrogen-bond acceptors (Lipinski definition) is 8. The number of benzene rings is 1. The summed E-state index contributed by atoms with van der Waals surface area (Å²) < 4.78 is 16.2. The number of carbonyl (C=O) groups is 1. The minimum atomic E-state index is -0.243. The summed E-state index contributed by atoms with van der Waals surface area (Å²) in [5.74, 6) is 2.48. The van der Waals surface area contributed by atoms with E-state index in [9.17, 15) is 4.79 Å². The van der Waals surface area contributed by atoms with Gasteiger partial charge in [0.25, 0.3) is 5.91 Å². The molecule has 0 saturated carbocycles. The van der Waals surface area contributed by atoms with E-state index in [0.29, 0.717) is 38.0 Å². The number of nitrogens with one attached hydrogen (secondary N) is 1. The lowest BCUT2D eigenvalue weighted by atomic mass is 10.1. The van der Waals surface area contributed by atoms with Crippen molar-refractivity contribution in [2.75, 3.05) is 19.5 Å². The molecular weight excluding hydrogens is 422 g/mol. The first-order valence-electron chi connectivity index (χ1n) is 9.02. The van der Waals surface area contributed by atoms with E-state index in [-0.39, 0.29) is 5.91 Å². The Morgan fingerprint density at radius 3 is 2.57 bits per heavy atom. The Hall–Kier alpha value is -3.17. The summed E-state index contributed by atoms with van der Waals surface area (Å²) in [4.78, 5) is 22.3. The first-order chi connectivity index (χ1) is 14.5. The quantitative estimate of drug-likeness (QED) is 0.430. The molecule has 0 aliphatic heterocycles. The summed E-state index contributed by atoms with van der Waals surface area (Å²) in [5.41, 5.74) is 2.26. The molecule has 4 aromatic rings. The van der Waals surface area contributed by atoms with E-state index in [4.69, 9.17) is 13.9 Å². The van der Waals surface area contributed by atoms with Crippen molar-refractivity contribution >= 4 is 33.7 Å². The number of anilines is 1. The first kappa shape index (κ1) is 20.1. The molecule has 1 N–H and O–H groups in total. The van der Waals surface area contributed by atoms with Crippen LogP contribution in [0.5, 0.6) is 11.5 Å². The maximum absolute atomic E-state index is 12.8. The standard InChI is InChI=1S/C21H19N3O4S2/c1-11-5-7-16(28-11)20-22-12(2)18(30-20)19(25)24-21-23-14(10-29-21)13-6-8-15(26-3)17(9-13)27-4/h5-10H,1-4H3,(H,23,24,25). The summed E-state index contributed by atoms with van der Waals surface area (Å²) in [7, 11) is 3.18.